The molecule has 1 amide bonds. The predicted octanol–water partition coefficient (Wildman–Crippen LogP) is 3.05. The first-order chi connectivity index (χ1) is 12.5. The van der Waals surface area contributed by atoms with Crippen molar-refractivity contribution in [1.29, 1.82) is 0 Å². The molecule has 2 rings (SSSR count). The summed E-state index contributed by atoms with van der Waals surface area (Å²) in [5.41, 5.74) is 2.63. The summed E-state index contributed by atoms with van der Waals surface area (Å²) in [6.07, 6.45) is 3.67. The summed E-state index contributed by atoms with van der Waals surface area (Å²) in [6.45, 7) is 9.08. The van der Waals surface area contributed by atoms with E-state index in [1.807, 2.05) is 0 Å². The fourth-order valence-corrected chi connectivity index (χ4v) is 3.56. The lowest BCUT2D eigenvalue weighted by atomic mass is 9.99. The van der Waals surface area contributed by atoms with Crippen LogP contribution < -0.4 is 10.6 Å². The van der Waals surface area contributed by atoms with Crippen LogP contribution in [-0.4, -0.2) is 49.5 Å². The van der Waals surface area contributed by atoms with Crippen molar-refractivity contribution >= 4 is 11.9 Å². The van der Waals surface area contributed by atoms with Crippen molar-refractivity contribution in [3.05, 3.63) is 35.4 Å². The van der Waals surface area contributed by atoms with Crippen LogP contribution in [0.5, 0.6) is 0 Å². The molecular weight excluding hydrogens is 324 g/mol. The van der Waals surface area contributed by atoms with Crippen LogP contribution >= 0.6 is 0 Å². The summed E-state index contributed by atoms with van der Waals surface area (Å²) in [7, 11) is 1.80. The second-order valence-electron chi connectivity index (χ2n) is 7.24. The minimum atomic E-state index is 0.311. The van der Waals surface area contributed by atoms with E-state index >= 15 is 0 Å². The monoisotopic (exact) mass is 358 g/mol. The number of rotatable bonds is 8. The highest BCUT2D eigenvalue weighted by atomic mass is 16.2. The van der Waals surface area contributed by atoms with Gasteiger partial charge in [-0.15, -0.1) is 0 Å². The Morgan fingerprint density at radius 2 is 2.15 bits per heavy atom. The van der Waals surface area contributed by atoms with Crippen LogP contribution in [0.15, 0.2) is 29.3 Å². The molecule has 0 bridgehead atoms. The van der Waals surface area contributed by atoms with Gasteiger partial charge < -0.3 is 15.5 Å². The fraction of sp³-hybridized carbons (Fsp3) is 0.619. The normalized spacial score (nSPS) is 17.3. The third-order valence-electron chi connectivity index (χ3n) is 5.20. The van der Waals surface area contributed by atoms with Crippen molar-refractivity contribution in [2.75, 3.05) is 26.7 Å². The van der Waals surface area contributed by atoms with Crippen LogP contribution in [0.3, 0.4) is 0 Å². The van der Waals surface area contributed by atoms with E-state index in [9.17, 15) is 4.79 Å². The molecule has 1 aliphatic rings. The molecule has 0 saturated carbocycles. The largest absolute Gasteiger partial charge is 0.356 e. The van der Waals surface area contributed by atoms with Gasteiger partial charge in [0, 0.05) is 39.1 Å². The average molecular weight is 359 g/mol. The number of nitrogens with one attached hydrogen (secondary N) is 2. The van der Waals surface area contributed by atoms with E-state index in [0.29, 0.717) is 24.3 Å². The number of amides is 1. The molecule has 0 aliphatic carbocycles. The maximum Gasteiger partial charge on any atom is 0.222 e. The number of hydrogen-bond acceptors (Lipinski definition) is 2. The number of carbonyl (C=O) groups is 1. The topological polar surface area (TPSA) is 56.7 Å². The maximum absolute atomic E-state index is 11.9. The fourth-order valence-electron chi connectivity index (χ4n) is 3.56. The molecule has 5 heteroatoms. The summed E-state index contributed by atoms with van der Waals surface area (Å²) in [5.74, 6) is 1.55. The molecule has 1 saturated heterocycles. The zero-order valence-electron chi connectivity index (χ0n) is 16.7. The van der Waals surface area contributed by atoms with Crippen molar-refractivity contribution in [2.24, 2.45) is 4.99 Å². The Labute approximate surface area is 158 Å². The molecule has 26 heavy (non-hydrogen) atoms. The highest BCUT2D eigenvalue weighted by Crippen LogP contribution is 2.18. The van der Waals surface area contributed by atoms with E-state index in [-0.39, 0.29) is 0 Å². The predicted molar refractivity (Wildman–Crippen MR) is 109 cm³/mol. The first-order valence-corrected chi connectivity index (χ1v) is 9.85. The Bertz CT molecular complexity index is 614. The Hall–Kier alpha value is -2.04. The molecule has 1 aromatic rings. The van der Waals surface area contributed by atoms with E-state index in [1.165, 1.54) is 11.1 Å². The summed E-state index contributed by atoms with van der Waals surface area (Å²) in [6, 6.07) is 8.98. The third kappa shape index (κ3) is 5.75. The Balaban J connectivity index is 1.76. The lowest BCUT2D eigenvalue weighted by Crippen LogP contribution is -2.42. The molecule has 0 spiro atoms. The minimum absolute atomic E-state index is 0.311. The van der Waals surface area contributed by atoms with Crippen molar-refractivity contribution in [1.82, 2.24) is 15.5 Å². The first kappa shape index (κ1) is 20.3. The number of guanidine groups is 1. The quantitative estimate of drug-likeness (QED) is 0.555. The van der Waals surface area contributed by atoms with E-state index in [4.69, 9.17) is 0 Å². The van der Waals surface area contributed by atoms with Gasteiger partial charge in [0.25, 0.3) is 0 Å². The van der Waals surface area contributed by atoms with Gasteiger partial charge in [0.1, 0.15) is 0 Å². The molecule has 0 aromatic heterocycles. The van der Waals surface area contributed by atoms with Crippen LogP contribution in [0.2, 0.25) is 0 Å². The van der Waals surface area contributed by atoms with Crippen LogP contribution in [0, 0.1) is 6.92 Å². The van der Waals surface area contributed by atoms with Crippen molar-refractivity contribution in [3.63, 3.8) is 0 Å². The van der Waals surface area contributed by atoms with Gasteiger partial charge in [0.2, 0.25) is 5.91 Å². The molecule has 2 N–H and O–H groups in total. The van der Waals surface area contributed by atoms with Gasteiger partial charge in [0.15, 0.2) is 5.96 Å². The molecule has 1 fully saturated rings. The van der Waals surface area contributed by atoms with Gasteiger partial charge in [-0.05, 0) is 37.7 Å². The molecule has 1 aromatic carbocycles. The van der Waals surface area contributed by atoms with E-state index in [2.05, 4.69) is 65.6 Å². The number of aliphatic imine (C=N–C) groups is 1. The molecule has 144 valence electrons. The summed E-state index contributed by atoms with van der Waals surface area (Å²) >= 11 is 0. The number of hydrogen-bond donors (Lipinski definition) is 2. The molecule has 2 atom stereocenters. The van der Waals surface area contributed by atoms with E-state index < -0.39 is 0 Å². The van der Waals surface area contributed by atoms with Crippen LogP contribution in [0.25, 0.3) is 0 Å². The lowest BCUT2D eigenvalue weighted by Gasteiger charge is -2.27. The van der Waals surface area contributed by atoms with Crippen molar-refractivity contribution < 1.29 is 4.79 Å². The zero-order valence-corrected chi connectivity index (χ0v) is 16.7. The Morgan fingerprint density at radius 1 is 1.35 bits per heavy atom. The average Bonchev–Trinajstić information content (AvgIpc) is 3.07. The van der Waals surface area contributed by atoms with E-state index in [1.54, 1.807) is 7.05 Å². The third-order valence-corrected chi connectivity index (χ3v) is 5.20. The van der Waals surface area contributed by atoms with Gasteiger partial charge in [-0.3, -0.25) is 9.79 Å². The van der Waals surface area contributed by atoms with Crippen LogP contribution in [0.1, 0.15) is 56.6 Å². The first-order valence-electron chi connectivity index (χ1n) is 9.85. The molecular formula is C21H34N4O. The van der Waals surface area contributed by atoms with Crippen molar-refractivity contribution in [3.8, 4) is 0 Å². The highest BCUT2D eigenvalue weighted by molar-refractivity contribution is 5.80. The second kappa shape index (κ2) is 10.2. The van der Waals surface area contributed by atoms with Crippen molar-refractivity contribution in [2.45, 2.75) is 58.4 Å². The van der Waals surface area contributed by atoms with Gasteiger partial charge in [-0.1, -0.05) is 43.7 Å². The zero-order chi connectivity index (χ0) is 18.9. The minimum Gasteiger partial charge on any atom is -0.356 e. The van der Waals surface area contributed by atoms with E-state index in [0.717, 1.165) is 44.9 Å². The number of benzene rings is 1. The van der Waals surface area contributed by atoms with Crippen LogP contribution in [0.4, 0.5) is 0 Å². The number of likely N-dealkylation sites (tertiary alicyclic amines) is 1. The molecule has 2 unspecified atom stereocenters. The second-order valence-corrected chi connectivity index (χ2v) is 7.24. The van der Waals surface area contributed by atoms with Gasteiger partial charge in [0.05, 0.1) is 0 Å². The number of carbonyl (C=O) groups excluding carboxylic acids is 1. The Morgan fingerprint density at radius 3 is 2.77 bits per heavy atom. The van der Waals surface area contributed by atoms with Gasteiger partial charge >= 0.3 is 0 Å². The molecule has 1 heterocycles. The Kier molecular flexibility index (Phi) is 7.95. The highest BCUT2D eigenvalue weighted by Gasteiger charge is 2.26. The smallest absolute Gasteiger partial charge is 0.222 e. The molecule has 1 aliphatic heterocycles. The SMILES string of the molecule is CCC(CCNC(=NC)NCC(C)c1cccc(C)c1)N1CCCC1=O. The maximum atomic E-state index is 11.9. The van der Waals surface area contributed by atoms with Gasteiger partial charge in [-0.25, -0.2) is 0 Å². The standard InChI is InChI=1S/C21H34N4O/c1-5-19(25-13-7-10-20(25)26)11-12-23-21(22-4)24-15-17(3)18-9-6-8-16(2)14-18/h6,8-9,14,17,19H,5,7,10-13,15H2,1-4H3,(H2,22,23,24). The summed E-state index contributed by atoms with van der Waals surface area (Å²) in [5, 5.41) is 6.81. The molecule has 5 nitrogen and oxygen atoms in total. The lowest BCUT2D eigenvalue weighted by molar-refractivity contribution is -0.129. The summed E-state index contributed by atoms with van der Waals surface area (Å²) < 4.78 is 0. The van der Waals surface area contributed by atoms with Crippen LogP contribution in [-0.2, 0) is 4.79 Å². The van der Waals surface area contributed by atoms with Gasteiger partial charge in [-0.2, -0.15) is 0 Å². The number of nitrogens with zero attached hydrogens (tertiary/aromatic N) is 2. The molecule has 0 radical (unpaired) electrons. The summed E-state index contributed by atoms with van der Waals surface area (Å²) in [4.78, 5) is 18.3. The number of aryl methyl sites for hydroxylation is 1.